The van der Waals surface area contributed by atoms with Crippen LogP contribution in [-0.2, 0) is 38.1 Å². The van der Waals surface area contributed by atoms with Crippen LogP contribution in [0.25, 0.3) is 0 Å². The summed E-state index contributed by atoms with van der Waals surface area (Å²) in [5.41, 5.74) is 0. The minimum atomic E-state index is -0.409. The normalized spacial score (nSPS) is 10.2. The van der Waals surface area contributed by atoms with Gasteiger partial charge in [-0.05, 0) is 37.1 Å². The van der Waals surface area contributed by atoms with E-state index in [0.717, 1.165) is 0 Å². The van der Waals surface area contributed by atoms with E-state index in [1.165, 1.54) is 31.8 Å². The Balaban J connectivity index is 0.000000200. The third-order valence-corrected chi connectivity index (χ3v) is 10.8. The molecule has 0 spiro atoms. The van der Waals surface area contributed by atoms with Gasteiger partial charge in [0.05, 0.1) is 0 Å². The van der Waals surface area contributed by atoms with E-state index < -0.39 is 15.8 Å². The molecule has 0 saturated carbocycles. The molecule has 0 N–H and O–H groups in total. The Morgan fingerprint density at radius 1 is 0.342 bits per heavy atom. The molecule has 0 aliphatic rings. The molecule has 0 nitrogen and oxygen atoms in total. The van der Waals surface area contributed by atoms with Crippen LogP contribution in [-0.4, -0.2) is 0 Å². The van der Waals surface area contributed by atoms with Crippen LogP contribution in [0.4, 0.5) is 0 Å². The Morgan fingerprint density at radius 3 is 0.816 bits per heavy atom. The first-order chi connectivity index (χ1) is 17.9. The van der Waals surface area contributed by atoms with Gasteiger partial charge in [0.25, 0.3) is 0 Å². The van der Waals surface area contributed by atoms with Crippen molar-refractivity contribution >= 4 is 47.7 Å². The van der Waals surface area contributed by atoms with Gasteiger partial charge in [0.15, 0.2) is 0 Å². The minimum absolute atomic E-state index is 0. The largest absolute Gasteiger partial charge is 2.00 e. The van der Waals surface area contributed by atoms with Gasteiger partial charge >= 0.3 is 17.1 Å². The van der Waals surface area contributed by atoms with Crippen LogP contribution >= 0.6 is 15.8 Å². The Hall–Kier alpha value is -2.35. The molecule has 0 unspecified atom stereocenters. The average Bonchev–Trinajstić information content (AvgIpc) is 3.68. The predicted octanol–water partition coefficient (Wildman–Crippen LogP) is 6.32. The van der Waals surface area contributed by atoms with Gasteiger partial charge in [-0.15, -0.1) is 10.6 Å². The number of hydrogen-bond donors (Lipinski definition) is 0. The zero-order valence-electron chi connectivity index (χ0n) is 20.8. The maximum atomic E-state index is 2.23. The maximum Gasteiger partial charge on any atom is 2.00 e. The molecule has 0 fully saturated rings. The van der Waals surface area contributed by atoms with E-state index in [1.54, 1.807) is 0 Å². The Bertz CT molecular complexity index is 1210. The third-order valence-electron chi connectivity index (χ3n) is 5.86. The summed E-state index contributed by atoms with van der Waals surface area (Å²) in [6, 6.07) is 60.5. The van der Waals surface area contributed by atoms with Gasteiger partial charge in [-0.1, -0.05) is 121 Å². The Labute approximate surface area is 254 Å². The summed E-state index contributed by atoms with van der Waals surface area (Å²) >= 11 is 0. The van der Waals surface area contributed by atoms with E-state index in [9.17, 15) is 0 Å². The summed E-state index contributed by atoms with van der Waals surface area (Å²) in [5.74, 6) is 0. The Kier molecular flexibility index (Phi) is 12.6. The van der Waals surface area contributed by atoms with E-state index in [0.29, 0.717) is 0 Å². The van der Waals surface area contributed by atoms with E-state index in [2.05, 4.69) is 170 Å². The molecule has 0 aliphatic carbocycles. The van der Waals surface area contributed by atoms with Gasteiger partial charge in [0.2, 0.25) is 0 Å². The van der Waals surface area contributed by atoms with Crippen LogP contribution < -0.4 is 31.8 Å². The fourth-order valence-corrected chi connectivity index (χ4v) is 8.84. The molecule has 0 amide bonds. The van der Waals surface area contributed by atoms with E-state index >= 15 is 0 Å². The molecule has 0 saturated heterocycles. The van der Waals surface area contributed by atoms with Crippen molar-refractivity contribution in [3.8, 4) is 0 Å². The molecular weight excluding hydrogens is 710 g/mol. The topological polar surface area (TPSA) is 0 Å². The summed E-state index contributed by atoms with van der Waals surface area (Å²) < 4.78 is 0. The summed E-state index contributed by atoms with van der Waals surface area (Å²) in [6.45, 7) is 0. The smallest absolute Gasteiger partial charge is 0.213 e. The van der Waals surface area contributed by atoms with E-state index in [-0.39, 0.29) is 38.1 Å². The van der Waals surface area contributed by atoms with Gasteiger partial charge in [0, 0.05) is 21.1 Å². The molecule has 0 aromatic heterocycles. The molecule has 4 heteroatoms. The fourth-order valence-electron chi connectivity index (χ4n) is 4.23. The van der Waals surface area contributed by atoms with Gasteiger partial charge in [-0.25, -0.2) is 24.3 Å². The van der Waals surface area contributed by atoms with Crippen molar-refractivity contribution in [3.05, 3.63) is 170 Å². The first-order valence-corrected chi connectivity index (χ1v) is 14.8. The van der Waals surface area contributed by atoms with Crippen molar-refractivity contribution in [1.82, 2.24) is 0 Å². The molecule has 6 aromatic carbocycles. The molecule has 0 radical (unpaired) electrons. The maximum absolute atomic E-state index is 2.23. The first-order valence-electron chi connectivity index (χ1n) is 12.1. The van der Waals surface area contributed by atoms with Gasteiger partial charge in [-0.2, -0.15) is 24.3 Å². The average molecular weight is 738 g/mol. The van der Waals surface area contributed by atoms with Gasteiger partial charge < -0.3 is 0 Å². The van der Waals surface area contributed by atoms with E-state index in [1.807, 2.05) is 0 Å². The summed E-state index contributed by atoms with van der Waals surface area (Å²) in [7, 11) is -0.818. The molecule has 6 aromatic rings. The zero-order chi connectivity index (χ0) is 24.4. The first kappa shape index (κ1) is 30.2. The molecule has 38 heavy (non-hydrogen) atoms. The molecule has 0 bridgehead atoms. The van der Waals surface area contributed by atoms with Gasteiger partial charge in [-0.3, -0.25) is 0 Å². The molecule has 0 heterocycles. The monoisotopic (exact) mass is 738 g/mol. The SMILES string of the molecule is [Fe+2].[W].c1ccc(P(c2ccccc2)c2ccc[cH-]2)cc1.c1ccc(P(c2ccccc2)c2ccc[cH-]2)cc1. The van der Waals surface area contributed by atoms with Crippen molar-refractivity contribution in [3.63, 3.8) is 0 Å². The molecule has 0 aliphatic heterocycles. The minimum Gasteiger partial charge on any atom is -0.213 e. The second-order valence-corrected chi connectivity index (χ2v) is 12.7. The molecular formula is C34H28FeP2W. The fraction of sp³-hybridized carbons (Fsp3) is 0. The van der Waals surface area contributed by atoms with Crippen molar-refractivity contribution in [2.75, 3.05) is 0 Å². The summed E-state index contributed by atoms with van der Waals surface area (Å²) in [5, 5.41) is 8.47. The summed E-state index contributed by atoms with van der Waals surface area (Å²) in [6.07, 6.45) is 0. The number of hydrogen-bond acceptors (Lipinski definition) is 0. The van der Waals surface area contributed by atoms with E-state index in [4.69, 9.17) is 0 Å². The van der Waals surface area contributed by atoms with Gasteiger partial charge in [0.1, 0.15) is 0 Å². The zero-order valence-corrected chi connectivity index (χ0v) is 26.6. The van der Waals surface area contributed by atoms with Crippen molar-refractivity contribution in [1.29, 1.82) is 0 Å². The summed E-state index contributed by atoms with van der Waals surface area (Å²) in [4.78, 5) is 0. The molecule has 0 atom stereocenters. The number of benzene rings is 4. The van der Waals surface area contributed by atoms with Crippen LogP contribution in [0.5, 0.6) is 0 Å². The predicted molar refractivity (Wildman–Crippen MR) is 161 cm³/mol. The second kappa shape index (κ2) is 15.9. The quantitative estimate of drug-likeness (QED) is 0.107. The standard InChI is InChI=1S/2C17H14P.Fe.W/c2*1-3-9-15(10-4-1)18(17-13-7-8-14-17)16-11-5-2-6-12-16;;/h2*1-14H;;/q2*-1;+2;. The molecule has 6 rings (SSSR count). The molecule has 188 valence electrons. The van der Waals surface area contributed by atoms with Crippen LogP contribution in [0.1, 0.15) is 0 Å². The van der Waals surface area contributed by atoms with Crippen molar-refractivity contribution in [2.45, 2.75) is 0 Å². The van der Waals surface area contributed by atoms with Crippen LogP contribution in [0.15, 0.2) is 170 Å². The number of rotatable bonds is 6. The second-order valence-electron chi connectivity index (χ2n) is 8.30. The van der Waals surface area contributed by atoms with Crippen LogP contribution in [0.2, 0.25) is 0 Å². The van der Waals surface area contributed by atoms with Crippen molar-refractivity contribution < 1.29 is 38.1 Å². The van der Waals surface area contributed by atoms with Crippen LogP contribution in [0.3, 0.4) is 0 Å². The van der Waals surface area contributed by atoms with Crippen molar-refractivity contribution in [2.24, 2.45) is 0 Å². The Morgan fingerprint density at radius 2 is 0.605 bits per heavy atom. The van der Waals surface area contributed by atoms with Crippen LogP contribution in [0, 0.1) is 0 Å². The third kappa shape index (κ3) is 7.84.